The van der Waals surface area contributed by atoms with Crippen LogP contribution in [-0.4, -0.2) is 33.4 Å². The van der Waals surface area contributed by atoms with Crippen molar-refractivity contribution >= 4 is 10.2 Å². The zero-order chi connectivity index (χ0) is 15.3. The molecule has 0 heterocycles. The van der Waals surface area contributed by atoms with Gasteiger partial charge in [0, 0.05) is 20.6 Å². The van der Waals surface area contributed by atoms with Gasteiger partial charge in [-0.1, -0.05) is 54.6 Å². The highest BCUT2D eigenvalue weighted by molar-refractivity contribution is 7.87. The Hall–Kier alpha value is -1.69. The lowest BCUT2D eigenvalue weighted by atomic mass is 10.0. The lowest BCUT2D eigenvalue weighted by molar-refractivity contribution is 0.506. The molecule has 5 heteroatoms. The monoisotopic (exact) mass is 304 g/mol. The quantitative estimate of drug-likeness (QED) is 0.890. The molecule has 1 N–H and O–H groups in total. The summed E-state index contributed by atoms with van der Waals surface area (Å²) in [6.45, 7) is 0.394. The molecular formula is C16H20N2O2S. The van der Waals surface area contributed by atoms with E-state index in [2.05, 4.69) is 29.0 Å². The fourth-order valence-electron chi connectivity index (χ4n) is 1.95. The van der Waals surface area contributed by atoms with Gasteiger partial charge in [-0.2, -0.15) is 12.7 Å². The van der Waals surface area contributed by atoms with Crippen LogP contribution in [0.2, 0.25) is 0 Å². The van der Waals surface area contributed by atoms with Crippen molar-refractivity contribution in [2.45, 2.75) is 6.42 Å². The maximum Gasteiger partial charge on any atom is 0.278 e. The highest BCUT2D eigenvalue weighted by atomic mass is 32.2. The van der Waals surface area contributed by atoms with E-state index in [4.69, 9.17) is 0 Å². The van der Waals surface area contributed by atoms with E-state index in [0.717, 1.165) is 11.1 Å². The number of hydrogen-bond donors (Lipinski definition) is 1. The predicted molar refractivity (Wildman–Crippen MR) is 86.2 cm³/mol. The molecule has 0 unspecified atom stereocenters. The summed E-state index contributed by atoms with van der Waals surface area (Å²) in [7, 11) is -0.314. The first-order chi connectivity index (χ1) is 9.99. The molecule has 4 nitrogen and oxygen atoms in total. The average molecular weight is 304 g/mol. The second kappa shape index (κ2) is 6.85. The van der Waals surface area contributed by atoms with E-state index in [1.807, 2.05) is 30.3 Å². The normalized spacial score (nSPS) is 11.8. The Labute approximate surface area is 126 Å². The molecule has 0 atom stereocenters. The molecule has 112 valence electrons. The van der Waals surface area contributed by atoms with Crippen LogP contribution in [-0.2, 0) is 16.6 Å². The van der Waals surface area contributed by atoms with Crippen LogP contribution in [0.5, 0.6) is 0 Å². The standard InChI is InChI=1S/C16H20N2O2S/c1-18(2)21(19,20)17-13-12-14-8-10-16(11-9-14)15-6-4-3-5-7-15/h3-11,17H,12-13H2,1-2H3. The largest absolute Gasteiger partial charge is 0.278 e. The highest BCUT2D eigenvalue weighted by Gasteiger charge is 2.11. The van der Waals surface area contributed by atoms with Crippen LogP contribution in [0.1, 0.15) is 5.56 Å². The van der Waals surface area contributed by atoms with E-state index in [9.17, 15) is 8.42 Å². The molecule has 0 bridgehead atoms. The van der Waals surface area contributed by atoms with Gasteiger partial charge in [-0.15, -0.1) is 0 Å². The number of rotatable bonds is 6. The summed E-state index contributed by atoms with van der Waals surface area (Å²) in [5.41, 5.74) is 3.45. The summed E-state index contributed by atoms with van der Waals surface area (Å²) in [5, 5.41) is 0. The van der Waals surface area contributed by atoms with Crippen LogP contribution in [0.3, 0.4) is 0 Å². The maximum absolute atomic E-state index is 11.6. The van der Waals surface area contributed by atoms with Crippen molar-refractivity contribution in [3.05, 3.63) is 60.2 Å². The van der Waals surface area contributed by atoms with Crippen LogP contribution < -0.4 is 4.72 Å². The Morgan fingerprint density at radius 3 is 2.05 bits per heavy atom. The molecule has 0 aliphatic heterocycles. The lowest BCUT2D eigenvalue weighted by Gasteiger charge is -2.12. The molecule has 0 aromatic heterocycles. The van der Waals surface area contributed by atoms with Crippen molar-refractivity contribution in [3.63, 3.8) is 0 Å². The SMILES string of the molecule is CN(C)S(=O)(=O)NCCc1ccc(-c2ccccc2)cc1. The van der Waals surface area contributed by atoms with E-state index in [1.165, 1.54) is 24.0 Å². The van der Waals surface area contributed by atoms with Crippen LogP contribution in [0.25, 0.3) is 11.1 Å². The van der Waals surface area contributed by atoms with Crippen molar-refractivity contribution < 1.29 is 8.42 Å². The Kier molecular flexibility index (Phi) is 5.12. The van der Waals surface area contributed by atoms with Crippen molar-refractivity contribution in [3.8, 4) is 11.1 Å². The molecule has 2 aromatic carbocycles. The zero-order valence-electron chi connectivity index (χ0n) is 12.3. The average Bonchev–Trinajstić information content (AvgIpc) is 2.48. The van der Waals surface area contributed by atoms with Gasteiger partial charge < -0.3 is 0 Å². The molecule has 0 spiro atoms. The molecule has 0 fully saturated rings. The van der Waals surface area contributed by atoms with Gasteiger partial charge in [0.1, 0.15) is 0 Å². The smallest absolute Gasteiger partial charge is 0.202 e. The first kappa shape index (κ1) is 15.7. The maximum atomic E-state index is 11.6. The van der Waals surface area contributed by atoms with Gasteiger partial charge in [-0.25, -0.2) is 4.72 Å². The van der Waals surface area contributed by atoms with Crippen LogP contribution >= 0.6 is 0 Å². The molecule has 0 saturated carbocycles. The Balaban J connectivity index is 1.95. The van der Waals surface area contributed by atoms with Crippen molar-refractivity contribution in [1.82, 2.24) is 9.03 Å². The zero-order valence-corrected chi connectivity index (χ0v) is 13.1. The van der Waals surface area contributed by atoms with Crippen molar-refractivity contribution in [1.29, 1.82) is 0 Å². The first-order valence-electron chi connectivity index (χ1n) is 6.80. The summed E-state index contributed by atoms with van der Waals surface area (Å²) >= 11 is 0. The van der Waals surface area contributed by atoms with E-state index < -0.39 is 10.2 Å². The summed E-state index contributed by atoms with van der Waals surface area (Å²) in [6.07, 6.45) is 0.669. The summed E-state index contributed by atoms with van der Waals surface area (Å²) in [6, 6.07) is 18.3. The van der Waals surface area contributed by atoms with Crippen LogP contribution in [0.15, 0.2) is 54.6 Å². The lowest BCUT2D eigenvalue weighted by Crippen LogP contribution is -2.36. The summed E-state index contributed by atoms with van der Waals surface area (Å²) in [4.78, 5) is 0. The Morgan fingerprint density at radius 2 is 1.48 bits per heavy atom. The van der Waals surface area contributed by atoms with E-state index >= 15 is 0 Å². The fourth-order valence-corrected chi connectivity index (χ4v) is 2.57. The molecule has 0 saturated heterocycles. The molecule has 0 aliphatic carbocycles. The van der Waals surface area contributed by atoms with E-state index in [-0.39, 0.29) is 0 Å². The molecule has 21 heavy (non-hydrogen) atoms. The molecular weight excluding hydrogens is 284 g/mol. The second-order valence-electron chi connectivity index (χ2n) is 4.99. The number of hydrogen-bond acceptors (Lipinski definition) is 2. The number of benzene rings is 2. The third kappa shape index (κ3) is 4.39. The molecule has 0 aliphatic rings. The predicted octanol–water partition coefficient (Wildman–Crippen LogP) is 2.29. The number of nitrogens with zero attached hydrogens (tertiary/aromatic N) is 1. The van der Waals surface area contributed by atoms with E-state index in [1.54, 1.807) is 0 Å². The summed E-state index contributed by atoms with van der Waals surface area (Å²) < 4.78 is 26.9. The Morgan fingerprint density at radius 1 is 0.905 bits per heavy atom. The van der Waals surface area contributed by atoms with Gasteiger partial charge >= 0.3 is 0 Å². The molecule has 0 radical (unpaired) electrons. The van der Waals surface area contributed by atoms with Crippen molar-refractivity contribution in [2.75, 3.05) is 20.6 Å². The topological polar surface area (TPSA) is 49.4 Å². The van der Waals surface area contributed by atoms with Gasteiger partial charge in [0.05, 0.1) is 0 Å². The summed E-state index contributed by atoms with van der Waals surface area (Å²) in [5.74, 6) is 0. The first-order valence-corrected chi connectivity index (χ1v) is 8.24. The van der Waals surface area contributed by atoms with Crippen molar-refractivity contribution in [2.24, 2.45) is 0 Å². The minimum Gasteiger partial charge on any atom is -0.202 e. The van der Waals surface area contributed by atoms with Gasteiger partial charge in [0.2, 0.25) is 0 Å². The molecule has 2 aromatic rings. The second-order valence-corrected chi connectivity index (χ2v) is 6.96. The van der Waals surface area contributed by atoms with Gasteiger partial charge in [0.25, 0.3) is 10.2 Å². The Bertz CT molecular complexity index is 665. The highest BCUT2D eigenvalue weighted by Crippen LogP contribution is 2.19. The minimum absolute atomic E-state index is 0.394. The molecule has 2 rings (SSSR count). The number of nitrogens with one attached hydrogen (secondary N) is 1. The van der Waals surface area contributed by atoms with Gasteiger partial charge in [0.15, 0.2) is 0 Å². The van der Waals surface area contributed by atoms with Gasteiger partial charge in [-0.3, -0.25) is 0 Å². The fraction of sp³-hybridized carbons (Fsp3) is 0.250. The van der Waals surface area contributed by atoms with Crippen LogP contribution in [0.4, 0.5) is 0 Å². The third-order valence-electron chi connectivity index (χ3n) is 3.24. The van der Waals surface area contributed by atoms with Gasteiger partial charge in [-0.05, 0) is 23.1 Å². The molecule has 0 amide bonds. The van der Waals surface area contributed by atoms with E-state index in [0.29, 0.717) is 13.0 Å². The van der Waals surface area contributed by atoms with Crippen LogP contribution in [0, 0.1) is 0 Å². The minimum atomic E-state index is -3.34. The third-order valence-corrected chi connectivity index (χ3v) is 4.77.